The molecule has 0 aliphatic heterocycles. The summed E-state index contributed by atoms with van der Waals surface area (Å²) in [6, 6.07) is 19.0. The predicted molar refractivity (Wildman–Crippen MR) is 157 cm³/mol. The fraction of sp³-hybridized carbons (Fsp3) is 0.355. The molecule has 3 aromatic carbocycles. The zero-order valence-electron chi connectivity index (χ0n) is 24.1. The van der Waals surface area contributed by atoms with Gasteiger partial charge in [0.1, 0.15) is 12.6 Å². The maximum atomic E-state index is 14.0. The van der Waals surface area contributed by atoms with Gasteiger partial charge in [-0.3, -0.25) is 13.9 Å². The Kier molecular flexibility index (Phi) is 10.8. The molecule has 0 aromatic heterocycles. The summed E-state index contributed by atoms with van der Waals surface area (Å²) in [5, 5.41) is 2.93. The van der Waals surface area contributed by atoms with Crippen molar-refractivity contribution >= 4 is 27.5 Å². The van der Waals surface area contributed by atoms with Crippen molar-refractivity contribution in [3.63, 3.8) is 0 Å². The number of sulfonamides is 1. The van der Waals surface area contributed by atoms with Gasteiger partial charge in [-0.15, -0.1) is 0 Å². The summed E-state index contributed by atoms with van der Waals surface area (Å²) in [5.41, 5.74) is 1.11. The van der Waals surface area contributed by atoms with Crippen LogP contribution in [0.2, 0.25) is 0 Å². The molecule has 0 radical (unpaired) electrons. The number of nitrogens with zero attached hydrogens (tertiary/aromatic N) is 2. The lowest BCUT2D eigenvalue weighted by molar-refractivity contribution is -0.140. The van der Waals surface area contributed by atoms with E-state index in [1.165, 1.54) is 11.0 Å². The molecule has 0 bridgehead atoms. The summed E-state index contributed by atoms with van der Waals surface area (Å²) in [4.78, 5) is 29.0. The van der Waals surface area contributed by atoms with Crippen LogP contribution in [0.5, 0.6) is 0 Å². The van der Waals surface area contributed by atoms with Gasteiger partial charge in [0, 0.05) is 19.0 Å². The van der Waals surface area contributed by atoms with Crippen molar-refractivity contribution in [1.82, 2.24) is 10.2 Å². The molecule has 0 aliphatic rings. The van der Waals surface area contributed by atoms with E-state index in [0.29, 0.717) is 22.4 Å². The molecule has 0 saturated heterocycles. The van der Waals surface area contributed by atoms with Crippen molar-refractivity contribution in [2.75, 3.05) is 17.1 Å². The average Bonchev–Trinajstić information content (AvgIpc) is 2.93. The standard InChI is InChI=1S/C31H36F3N3O4S/c1-5-23(3)35-30(39)28(18-24-10-7-6-8-11-24)36(20-25-16-14-22(2)15-17-25)29(38)21-37(42(4,40)41)27-13-9-12-26(19-27)31(32,33)34/h6-17,19,23,28H,5,18,20-21H2,1-4H3,(H,35,39). The quantitative estimate of drug-likeness (QED) is 0.303. The predicted octanol–water partition coefficient (Wildman–Crippen LogP) is 5.33. The number of hydrogen-bond acceptors (Lipinski definition) is 4. The number of aryl methyl sites for hydroxylation is 1. The number of rotatable bonds is 12. The Labute approximate surface area is 245 Å². The molecule has 7 nitrogen and oxygen atoms in total. The minimum absolute atomic E-state index is 0.0231. The van der Waals surface area contributed by atoms with E-state index in [4.69, 9.17) is 0 Å². The number of alkyl halides is 3. The van der Waals surface area contributed by atoms with Crippen LogP contribution in [0, 0.1) is 6.92 Å². The van der Waals surface area contributed by atoms with Crippen LogP contribution in [0.25, 0.3) is 0 Å². The number of amides is 2. The van der Waals surface area contributed by atoms with Gasteiger partial charge < -0.3 is 10.2 Å². The Bertz CT molecular complexity index is 1460. The van der Waals surface area contributed by atoms with Gasteiger partial charge in [-0.05, 0) is 49.6 Å². The number of carbonyl (C=O) groups is 2. The van der Waals surface area contributed by atoms with Crippen molar-refractivity contribution in [3.05, 3.63) is 101 Å². The molecule has 2 amide bonds. The van der Waals surface area contributed by atoms with Crippen LogP contribution in [0.15, 0.2) is 78.9 Å². The topological polar surface area (TPSA) is 86.8 Å². The van der Waals surface area contributed by atoms with E-state index in [9.17, 15) is 31.2 Å². The van der Waals surface area contributed by atoms with Crippen LogP contribution >= 0.6 is 0 Å². The van der Waals surface area contributed by atoms with Crippen molar-refractivity contribution < 1.29 is 31.2 Å². The molecular formula is C31H36F3N3O4S. The van der Waals surface area contributed by atoms with E-state index in [1.54, 1.807) is 0 Å². The summed E-state index contributed by atoms with van der Waals surface area (Å²) in [6.07, 6.45) is -3.10. The van der Waals surface area contributed by atoms with Crippen molar-refractivity contribution in [2.45, 2.75) is 58.4 Å². The largest absolute Gasteiger partial charge is 0.416 e. The maximum Gasteiger partial charge on any atom is 0.416 e. The average molecular weight is 604 g/mol. The lowest BCUT2D eigenvalue weighted by Gasteiger charge is -2.34. The molecule has 3 aromatic rings. The number of halogens is 3. The highest BCUT2D eigenvalue weighted by atomic mass is 32.2. The van der Waals surface area contributed by atoms with Crippen molar-refractivity contribution in [1.29, 1.82) is 0 Å². The van der Waals surface area contributed by atoms with Gasteiger partial charge in [-0.1, -0.05) is 73.2 Å². The van der Waals surface area contributed by atoms with E-state index in [-0.39, 0.29) is 24.7 Å². The van der Waals surface area contributed by atoms with E-state index >= 15 is 0 Å². The first kappa shape index (κ1) is 32.7. The molecule has 1 N–H and O–H groups in total. The van der Waals surface area contributed by atoms with Gasteiger partial charge in [0.25, 0.3) is 0 Å². The SMILES string of the molecule is CCC(C)NC(=O)C(Cc1ccccc1)N(Cc1ccc(C)cc1)C(=O)CN(c1cccc(C(F)(F)F)c1)S(C)(=O)=O. The Morgan fingerprint density at radius 2 is 1.57 bits per heavy atom. The summed E-state index contributed by atoms with van der Waals surface area (Å²) in [7, 11) is -4.20. The zero-order chi connectivity index (χ0) is 31.1. The Hall–Kier alpha value is -3.86. The Morgan fingerprint density at radius 1 is 0.929 bits per heavy atom. The minimum atomic E-state index is -4.71. The molecule has 0 spiro atoms. The van der Waals surface area contributed by atoms with E-state index in [0.717, 1.165) is 29.5 Å². The monoisotopic (exact) mass is 603 g/mol. The third-order valence-electron chi connectivity index (χ3n) is 6.89. The van der Waals surface area contributed by atoms with Crippen LogP contribution in [0.3, 0.4) is 0 Å². The molecule has 2 unspecified atom stereocenters. The molecule has 0 fully saturated rings. The number of nitrogens with one attached hydrogen (secondary N) is 1. The van der Waals surface area contributed by atoms with E-state index in [2.05, 4.69) is 5.32 Å². The highest BCUT2D eigenvalue weighted by molar-refractivity contribution is 7.92. The molecule has 3 rings (SSSR count). The highest BCUT2D eigenvalue weighted by Crippen LogP contribution is 2.32. The molecular weight excluding hydrogens is 567 g/mol. The zero-order valence-corrected chi connectivity index (χ0v) is 24.9. The lowest BCUT2D eigenvalue weighted by Crippen LogP contribution is -2.54. The van der Waals surface area contributed by atoms with Gasteiger partial charge in [-0.25, -0.2) is 8.42 Å². The fourth-order valence-electron chi connectivity index (χ4n) is 4.34. The first-order chi connectivity index (χ1) is 19.7. The third-order valence-corrected chi connectivity index (χ3v) is 8.03. The lowest BCUT2D eigenvalue weighted by atomic mass is 10.0. The summed E-state index contributed by atoms with van der Waals surface area (Å²) >= 11 is 0. The Morgan fingerprint density at radius 3 is 2.14 bits per heavy atom. The highest BCUT2D eigenvalue weighted by Gasteiger charge is 2.35. The summed E-state index contributed by atoms with van der Waals surface area (Å²) in [6.45, 7) is 4.83. The summed E-state index contributed by atoms with van der Waals surface area (Å²) < 4.78 is 66.6. The summed E-state index contributed by atoms with van der Waals surface area (Å²) in [5.74, 6) is -1.16. The normalized spacial score (nSPS) is 13.2. The van der Waals surface area contributed by atoms with Crippen LogP contribution in [0.4, 0.5) is 18.9 Å². The maximum absolute atomic E-state index is 14.0. The number of carbonyl (C=O) groups excluding carboxylic acids is 2. The van der Waals surface area contributed by atoms with Crippen LogP contribution in [-0.2, 0) is 38.8 Å². The van der Waals surface area contributed by atoms with Crippen LogP contribution in [0.1, 0.15) is 42.5 Å². The van der Waals surface area contributed by atoms with Gasteiger partial charge in [0.15, 0.2) is 0 Å². The fourth-order valence-corrected chi connectivity index (χ4v) is 5.18. The number of anilines is 1. The van der Waals surface area contributed by atoms with Gasteiger partial charge >= 0.3 is 6.18 Å². The van der Waals surface area contributed by atoms with E-state index < -0.39 is 46.2 Å². The second-order valence-electron chi connectivity index (χ2n) is 10.3. The molecule has 42 heavy (non-hydrogen) atoms. The van der Waals surface area contributed by atoms with Gasteiger partial charge in [0.05, 0.1) is 17.5 Å². The van der Waals surface area contributed by atoms with Crippen LogP contribution < -0.4 is 9.62 Å². The molecule has 11 heteroatoms. The van der Waals surface area contributed by atoms with E-state index in [1.807, 2.05) is 75.4 Å². The second kappa shape index (κ2) is 13.9. The minimum Gasteiger partial charge on any atom is -0.352 e. The second-order valence-corrected chi connectivity index (χ2v) is 12.3. The molecule has 226 valence electrons. The molecule has 0 heterocycles. The smallest absolute Gasteiger partial charge is 0.352 e. The van der Waals surface area contributed by atoms with Crippen molar-refractivity contribution in [3.8, 4) is 0 Å². The van der Waals surface area contributed by atoms with Gasteiger partial charge in [-0.2, -0.15) is 13.2 Å². The third kappa shape index (κ3) is 9.07. The Balaban J connectivity index is 2.08. The van der Waals surface area contributed by atoms with Crippen LogP contribution in [-0.4, -0.2) is 50.0 Å². The number of benzene rings is 3. The van der Waals surface area contributed by atoms with Crippen molar-refractivity contribution in [2.24, 2.45) is 0 Å². The molecule has 0 aliphatic carbocycles. The molecule has 0 saturated carbocycles. The first-order valence-electron chi connectivity index (χ1n) is 13.5. The number of hydrogen-bond donors (Lipinski definition) is 1. The van der Waals surface area contributed by atoms with Gasteiger partial charge in [0.2, 0.25) is 21.8 Å². The molecule has 2 atom stereocenters. The first-order valence-corrected chi connectivity index (χ1v) is 15.4.